The Bertz CT molecular complexity index is 420. The Balaban J connectivity index is 0.00000289. The smallest absolute Gasteiger partial charge is 0.342 e. The van der Waals surface area contributed by atoms with Gasteiger partial charge >= 0.3 is 5.97 Å². The molecule has 1 unspecified atom stereocenters. The number of ether oxygens (including phenoxy) is 1. The van der Waals surface area contributed by atoms with E-state index >= 15 is 0 Å². The number of hydrogen-bond acceptors (Lipinski definition) is 3. The third-order valence-electron chi connectivity index (χ3n) is 2.14. The number of carbonyl (C=O) groups is 1. The van der Waals surface area contributed by atoms with Crippen LogP contribution in [0.15, 0.2) is 18.2 Å². The Morgan fingerprint density at radius 2 is 2.17 bits per heavy atom. The number of nitrogens with two attached hydrogens (primary N) is 1. The zero-order valence-electron chi connectivity index (χ0n) is 9.53. The van der Waals surface area contributed by atoms with E-state index in [-0.39, 0.29) is 24.6 Å². The van der Waals surface area contributed by atoms with Gasteiger partial charge in [0.25, 0.3) is 0 Å². The molecule has 0 aliphatic carbocycles. The largest absolute Gasteiger partial charge is 0.464 e. The average Bonchev–Trinajstić information content (AvgIpc) is 2.30. The van der Waals surface area contributed by atoms with Crippen molar-refractivity contribution in [1.82, 2.24) is 0 Å². The maximum Gasteiger partial charge on any atom is 0.342 e. The maximum absolute atomic E-state index is 13.6. The van der Waals surface area contributed by atoms with Crippen molar-refractivity contribution < 1.29 is 18.3 Å². The van der Waals surface area contributed by atoms with Crippen molar-refractivity contribution in [1.29, 1.82) is 0 Å². The van der Waals surface area contributed by atoms with E-state index in [0.717, 1.165) is 0 Å². The maximum atomic E-state index is 13.6. The molecular formula is C11H13ClF2INO2. The fourth-order valence-electron chi connectivity index (χ4n) is 1.30. The Kier molecular flexibility index (Phi) is 7.65. The van der Waals surface area contributed by atoms with E-state index in [1.165, 1.54) is 18.2 Å². The number of esters is 1. The molecule has 0 aromatic heterocycles. The van der Waals surface area contributed by atoms with Crippen molar-refractivity contribution in [3.8, 4) is 0 Å². The van der Waals surface area contributed by atoms with Crippen molar-refractivity contribution in [3.63, 3.8) is 0 Å². The normalized spacial score (nSPS) is 13.4. The van der Waals surface area contributed by atoms with Gasteiger partial charge < -0.3 is 10.5 Å². The second kappa shape index (κ2) is 7.85. The van der Waals surface area contributed by atoms with E-state index < -0.39 is 24.0 Å². The zero-order valence-corrected chi connectivity index (χ0v) is 12.5. The van der Waals surface area contributed by atoms with Crippen LogP contribution in [0.2, 0.25) is 0 Å². The summed E-state index contributed by atoms with van der Waals surface area (Å²) < 4.78 is 32.2. The summed E-state index contributed by atoms with van der Waals surface area (Å²) in [6.07, 6.45) is -2.07. The first-order chi connectivity index (χ1) is 7.97. The molecule has 1 aromatic carbocycles. The lowest BCUT2D eigenvalue weighted by atomic mass is 10.0. The average molecular weight is 392 g/mol. The van der Waals surface area contributed by atoms with Crippen molar-refractivity contribution >= 4 is 41.0 Å². The zero-order chi connectivity index (χ0) is 13.0. The molecule has 3 nitrogen and oxygen atoms in total. The molecule has 1 rings (SSSR count). The van der Waals surface area contributed by atoms with Crippen LogP contribution >= 0.6 is 35.0 Å². The number of carbonyl (C=O) groups excluding carboxylic acids is 1. The molecule has 0 spiro atoms. The lowest BCUT2D eigenvalue weighted by molar-refractivity contribution is -0.149. The fourth-order valence-corrected chi connectivity index (χ4v) is 1.81. The number of hydrogen-bond donors (Lipinski definition) is 1. The van der Waals surface area contributed by atoms with Gasteiger partial charge in [-0.05, 0) is 47.7 Å². The van der Waals surface area contributed by atoms with Crippen molar-refractivity contribution in [2.24, 2.45) is 5.73 Å². The van der Waals surface area contributed by atoms with E-state index in [1.54, 1.807) is 6.92 Å². The predicted molar refractivity (Wildman–Crippen MR) is 74.8 cm³/mol. The summed E-state index contributed by atoms with van der Waals surface area (Å²) in [4.78, 5) is 11.2. The van der Waals surface area contributed by atoms with Gasteiger partial charge in [0.1, 0.15) is 5.82 Å². The van der Waals surface area contributed by atoms with E-state index in [4.69, 9.17) is 5.73 Å². The minimum absolute atomic E-state index is 0. The quantitative estimate of drug-likeness (QED) is 0.634. The lowest BCUT2D eigenvalue weighted by Gasteiger charge is -2.16. The van der Waals surface area contributed by atoms with E-state index in [2.05, 4.69) is 4.74 Å². The van der Waals surface area contributed by atoms with Gasteiger partial charge in [-0.25, -0.2) is 13.6 Å². The molecule has 0 aliphatic heterocycles. The van der Waals surface area contributed by atoms with E-state index in [1.807, 2.05) is 22.6 Å². The van der Waals surface area contributed by atoms with Gasteiger partial charge in [-0.1, -0.05) is 0 Å². The first kappa shape index (κ1) is 17.5. The van der Waals surface area contributed by atoms with Gasteiger partial charge in [0.2, 0.25) is 6.17 Å². The van der Waals surface area contributed by atoms with Crippen LogP contribution in [0.25, 0.3) is 0 Å². The molecule has 0 bridgehead atoms. The predicted octanol–water partition coefficient (Wildman–Crippen LogP) is 2.75. The summed E-state index contributed by atoms with van der Waals surface area (Å²) in [5.41, 5.74) is 5.49. The standard InChI is InChI=1S/C11H12F2INO2.ClH/c1-2-17-11(16)9(13)10(15)7-5-6(14)3-4-8(7)12;/h3-5,9-10H,2,15H2,1H3;1H/t9?,10-;/m0./s1. The van der Waals surface area contributed by atoms with Crippen LogP contribution in [0.3, 0.4) is 0 Å². The molecule has 0 amide bonds. The van der Waals surface area contributed by atoms with Crippen molar-refractivity contribution in [3.05, 3.63) is 33.1 Å². The highest BCUT2D eigenvalue weighted by atomic mass is 127. The number of benzene rings is 1. The van der Waals surface area contributed by atoms with E-state index in [0.29, 0.717) is 3.57 Å². The fraction of sp³-hybridized carbons (Fsp3) is 0.364. The second-order valence-electron chi connectivity index (χ2n) is 3.35. The van der Waals surface area contributed by atoms with Gasteiger partial charge in [0.15, 0.2) is 0 Å². The number of rotatable bonds is 4. The Labute approximate surface area is 124 Å². The van der Waals surface area contributed by atoms with Gasteiger partial charge in [0, 0.05) is 9.13 Å². The van der Waals surface area contributed by atoms with Crippen LogP contribution < -0.4 is 5.73 Å². The molecule has 102 valence electrons. The minimum Gasteiger partial charge on any atom is -0.464 e. The van der Waals surface area contributed by atoms with Gasteiger partial charge in [-0.2, -0.15) is 0 Å². The number of alkyl halides is 1. The number of halogens is 4. The molecule has 1 aromatic rings. The van der Waals surface area contributed by atoms with Crippen LogP contribution in [0, 0.1) is 9.39 Å². The molecule has 2 N–H and O–H groups in total. The molecule has 0 fully saturated rings. The molecule has 0 saturated carbocycles. The highest BCUT2D eigenvalue weighted by Crippen LogP contribution is 2.23. The summed E-state index contributed by atoms with van der Waals surface area (Å²) in [7, 11) is 0. The first-order valence-electron chi connectivity index (χ1n) is 4.98. The summed E-state index contributed by atoms with van der Waals surface area (Å²) in [6, 6.07) is 2.77. The summed E-state index contributed by atoms with van der Waals surface area (Å²) in [5.74, 6) is -1.71. The molecule has 2 atom stereocenters. The van der Waals surface area contributed by atoms with Gasteiger partial charge in [-0.3, -0.25) is 0 Å². The molecule has 0 radical (unpaired) electrons. The van der Waals surface area contributed by atoms with Crippen molar-refractivity contribution in [2.45, 2.75) is 19.1 Å². The Morgan fingerprint density at radius 1 is 1.56 bits per heavy atom. The monoisotopic (exact) mass is 391 g/mol. The lowest BCUT2D eigenvalue weighted by Crippen LogP contribution is -2.32. The summed E-state index contributed by atoms with van der Waals surface area (Å²) in [6.45, 7) is 1.61. The van der Waals surface area contributed by atoms with Crippen LogP contribution in [0.1, 0.15) is 18.5 Å². The van der Waals surface area contributed by atoms with Crippen LogP contribution in [-0.4, -0.2) is 18.7 Å². The Morgan fingerprint density at radius 3 is 2.72 bits per heavy atom. The second-order valence-corrected chi connectivity index (χ2v) is 4.59. The van der Waals surface area contributed by atoms with Crippen molar-refractivity contribution in [2.75, 3.05) is 6.61 Å². The molecular weight excluding hydrogens is 378 g/mol. The third-order valence-corrected chi connectivity index (χ3v) is 2.82. The molecule has 7 heteroatoms. The third kappa shape index (κ3) is 4.33. The van der Waals surface area contributed by atoms with E-state index in [9.17, 15) is 13.6 Å². The highest BCUT2D eigenvalue weighted by molar-refractivity contribution is 14.1. The summed E-state index contributed by atoms with van der Waals surface area (Å²) >= 11 is 1.95. The Hall–Kier alpha value is -0.470. The SMILES string of the molecule is CCOC(=O)C(F)[C@@H](N)c1cc(I)ccc1F.Cl. The highest BCUT2D eigenvalue weighted by Gasteiger charge is 2.29. The molecule has 0 heterocycles. The molecule has 0 aliphatic rings. The van der Waals surface area contributed by atoms with Crippen LogP contribution in [0.5, 0.6) is 0 Å². The van der Waals surface area contributed by atoms with Crippen LogP contribution in [-0.2, 0) is 9.53 Å². The molecule has 0 saturated heterocycles. The van der Waals surface area contributed by atoms with Crippen LogP contribution in [0.4, 0.5) is 8.78 Å². The minimum atomic E-state index is -2.07. The van der Waals surface area contributed by atoms with Gasteiger partial charge in [0.05, 0.1) is 12.6 Å². The molecule has 18 heavy (non-hydrogen) atoms. The summed E-state index contributed by atoms with van der Waals surface area (Å²) in [5, 5.41) is 0. The van der Waals surface area contributed by atoms with Gasteiger partial charge in [-0.15, -0.1) is 12.4 Å². The topological polar surface area (TPSA) is 52.3 Å². The first-order valence-corrected chi connectivity index (χ1v) is 6.06.